The van der Waals surface area contributed by atoms with E-state index in [1.807, 2.05) is 6.07 Å². The predicted molar refractivity (Wildman–Crippen MR) is 48.8 cm³/mol. The summed E-state index contributed by atoms with van der Waals surface area (Å²) in [6, 6.07) is 3.72. The van der Waals surface area contributed by atoms with Crippen molar-refractivity contribution in [1.82, 2.24) is 4.98 Å². The first-order chi connectivity index (χ1) is 6.35. The number of aldehydes is 1. The molecule has 64 valence electrons. The average Bonchev–Trinajstić information content (AvgIpc) is 2.62. The lowest BCUT2D eigenvalue weighted by Crippen LogP contribution is -1.97. The van der Waals surface area contributed by atoms with Gasteiger partial charge in [0.1, 0.15) is 11.8 Å². The molecule has 0 aliphatic carbocycles. The number of nitrogens with zero attached hydrogens (tertiary/aromatic N) is 2. The first kappa shape index (κ1) is 8.27. The molecular weight excluding hydrogens is 184 g/mol. The molecule has 0 bridgehead atoms. The van der Waals surface area contributed by atoms with Crippen LogP contribution in [0.15, 0.2) is 11.0 Å². The summed E-state index contributed by atoms with van der Waals surface area (Å²) in [5, 5.41) is 8.72. The van der Waals surface area contributed by atoms with Gasteiger partial charge in [-0.15, -0.1) is 11.8 Å². The van der Waals surface area contributed by atoms with Crippen molar-refractivity contribution < 1.29 is 4.79 Å². The van der Waals surface area contributed by atoms with Gasteiger partial charge in [0, 0.05) is 17.1 Å². The number of aryl methyl sites for hydroxylation is 1. The van der Waals surface area contributed by atoms with Gasteiger partial charge >= 0.3 is 0 Å². The molecule has 0 amide bonds. The molecular formula is C9H6N2OS. The minimum Gasteiger partial charge on any atom is -0.296 e. The second-order valence-electron chi connectivity index (χ2n) is 2.69. The predicted octanol–water partition coefficient (Wildman–Crippen LogP) is 1.41. The number of fused-ring (bicyclic) bond motifs is 1. The van der Waals surface area contributed by atoms with Crippen molar-refractivity contribution in [3.8, 4) is 6.07 Å². The monoisotopic (exact) mass is 190 g/mol. The number of carbonyl (C=O) groups excluding carboxylic acids is 1. The molecule has 0 spiro atoms. The van der Waals surface area contributed by atoms with E-state index in [-0.39, 0.29) is 5.69 Å². The molecule has 0 N–H and O–H groups in total. The highest BCUT2D eigenvalue weighted by Gasteiger charge is 2.16. The third-order valence-corrected chi connectivity index (χ3v) is 2.99. The van der Waals surface area contributed by atoms with Gasteiger partial charge in [-0.3, -0.25) is 4.79 Å². The SMILES string of the molecule is N#Cc1cc2c(nc1C=O)CCS2. The van der Waals surface area contributed by atoms with Gasteiger partial charge in [-0.2, -0.15) is 5.26 Å². The lowest BCUT2D eigenvalue weighted by atomic mass is 10.2. The maximum atomic E-state index is 10.6. The lowest BCUT2D eigenvalue weighted by molar-refractivity contribution is 0.111. The van der Waals surface area contributed by atoms with E-state index in [9.17, 15) is 4.79 Å². The third kappa shape index (κ3) is 1.31. The Morgan fingerprint density at radius 1 is 1.69 bits per heavy atom. The Bertz CT molecular complexity index is 409. The van der Waals surface area contributed by atoms with Crippen LogP contribution in [-0.2, 0) is 6.42 Å². The van der Waals surface area contributed by atoms with E-state index in [2.05, 4.69) is 4.98 Å². The van der Waals surface area contributed by atoms with Crippen LogP contribution in [0.5, 0.6) is 0 Å². The highest BCUT2D eigenvalue weighted by Crippen LogP contribution is 2.30. The van der Waals surface area contributed by atoms with Gasteiger partial charge in [-0.05, 0) is 6.07 Å². The Labute approximate surface area is 79.8 Å². The highest BCUT2D eigenvalue weighted by atomic mass is 32.2. The molecule has 2 rings (SSSR count). The summed E-state index contributed by atoms with van der Waals surface area (Å²) < 4.78 is 0. The van der Waals surface area contributed by atoms with Gasteiger partial charge in [0.15, 0.2) is 6.29 Å². The van der Waals surface area contributed by atoms with E-state index < -0.39 is 0 Å². The van der Waals surface area contributed by atoms with E-state index in [0.717, 1.165) is 22.8 Å². The molecule has 1 aliphatic rings. The number of hydrogen-bond donors (Lipinski definition) is 0. The summed E-state index contributed by atoms with van der Waals surface area (Å²) >= 11 is 1.69. The molecule has 0 unspecified atom stereocenters. The van der Waals surface area contributed by atoms with Crippen LogP contribution in [-0.4, -0.2) is 17.0 Å². The van der Waals surface area contributed by atoms with Crippen molar-refractivity contribution in [2.24, 2.45) is 0 Å². The van der Waals surface area contributed by atoms with Crippen LogP contribution in [0.25, 0.3) is 0 Å². The smallest absolute Gasteiger partial charge is 0.169 e. The number of aromatic nitrogens is 1. The van der Waals surface area contributed by atoms with E-state index >= 15 is 0 Å². The Balaban J connectivity index is 2.61. The van der Waals surface area contributed by atoms with Gasteiger partial charge in [-0.1, -0.05) is 0 Å². The molecule has 2 heterocycles. The molecule has 4 heteroatoms. The standard InChI is InChI=1S/C9H6N2OS/c10-4-6-3-9-7(1-2-13-9)11-8(6)5-12/h3,5H,1-2H2. The molecule has 1 aliphatic heterocycles. The van der Waals surface area contributed by atoms with Gasteiger partial charge in [0.05, 0.1) is 11.3 Å². The quantitative estimate of drug-likeness (QED) is 0.628. The molecule has 13 heavy (non-hydrogen) atoms. The first-order valence-electron chi connectivity index (χ1n) is 3.87. The Kier molecular flexibility index (Phi) is 2.03. The molecule has 1 aromatic rings. The van der Waals surface area contributed by atoms with Crippen LogP contribution >= 0.6 is 11.8 Å². The number of rotatable bonds is 1. The zero-order valence-corrected chi connectivity index (χ0v) is 7.60. The fraction of sp³-hybridized carbons (Fsp3) is 0.222. The van der Waals surface area contributed by atoms with Crippen molar-refractivity contribution in [3.63, 3.8) is 0 Å². The van der Waals surface area contributed by atoms with E-state index in [4.69, 9.17) is 5.26 Å². The zero-order valence-electron chi connectivity index (χ0n) is 6.78. The molecule has 0 saturated carbocycles. The summed E-state index contributed by atoms with van der Waals surface area (Å²) in [5.41, 5.74) is 1.60. The van der Waals surface area contributed by atoms with E-state index in [1.54, 1.807) is 17.8 Å². The summed E-state index contributed by atoms with van der Waals surface area (Å²) in [5.74, 6) is 0.996. The summed E-state index contributed by atoms with van der Waals surface area (Å²) in [6.45, 7) is 0. The van der Waals surface area contributed by atoms with Crippen LogP contribution in [0.3, 0.4) is 0 Å². The lowest BCUT2D eigenvalue weighted by Gasteiger charge is -1.99. The third-order valence-electron chi connectivity index (χ3n) is 1.92. The number of nitriles is 1. The van der Waals surface area contributed by atoms with Gasteiger partial charge in [-0.25, -0.2) is 4.98 Å². The molecule has 0 saturated heterocycles. The van der Waals surface area contributed by atoms with Crippen molar-refractivity contribution >= 4 is 18.0 Å². The second-order valence-corrected chi connectivity index (χ2v) is 3.83. The largest absolute Gasteiger partial charge is 0.296 e. The molecule has 0 fully saturated rings. The van der Waals surface area contributed by atoms with Crippen molar-refractivity contribution in [2.45, 2.75) is 11.3 Å². The molecule has 0 radical (unpaired) electrons. The van der Waals surface area contributed by atoms with E-state index in [0.29, 0.717) is 11.8 Å². The van der Waals surface area contributed by atoms with Crippen LogP contribution < -0.4 is 0 Å². The fourth-order valence-corrected chi connectivity index (χ4v) is 2.32. The second kappa shape index (κ2) is 3.19. The van der Waals surface area contributed by atoms with Gasteiger partial charge < -0.3 is 0 Å². The maximum absolute atomic E-state index is 10.6. The van der Waals surface area contributed by atoms with Crippen LogP contribution in [0.2, 0.25) is 0 Å². The minimum atomic E-state index is 0.267. The topological polar surface area (TPSA) is 53.8 Å². The summed E-state index contributed by atoms with van der Waals surface area (Å²) in [6.07, 6.45) is 1.54. The number of thioether (sulfide) groups is 1. The number of carbonyl (C=O) groups is 1. The highest BCUT2D eigenvalue weighted by molar-refractivity contribution is 7.99. The van der Waals surface area contributed by atoms with Crippen LogP contribution in [0.1, 0.15) is 21.7 Å². The molecule has 3 nitrogen and oxygen atoms in total. The zero-order chi connectivity index (χ0) is 9.26. The first-order valence-corrected chi connectivity index (χ1v) is 4.85. The summed E-state index contributed by atoms with van der Waals surface area (Å²) in [4.78, 5) is 15.7. The van der Waals surface area contributed by atoms with Crippen molar-refractivity contribution in [1.29, 1.82) is 5.26 Å². The van der Waals surface area contributed by atoms with Crippen LogP contribution in [0, 0.1) is 11.3 Å². The number of pyridine rings is 1. The Morgan fingerprint density at radius 2 is 2.54 bits per heavy atom. The normalized spacial score (nSPS) is 13.5. The fourth-order valence-electron chi connectivity index (χ4n) is 1.29. The maximum Gasteiger partial charge on any atom is 0.169 e. The van der Waals surface area contributed by atoms with Crippen molar-refractivity contribution in [3.05, 3.63) is 23.0 Å². The summed E-state index contributed by atoms with van der Waals surface area (Å²) in [7, 11) is 0. The van der Waals surface area contributed by atoms with E-state index in [1.165, 1.54) is 0 Å². The molecule has 1 aromatic heterocycles. The van der Waals surface area contributed by atoms with Crippen molar-refractivity contribution in [2.75, 3.05) is 5.75 Å². The molecule has 0 aromatic carbocycles. The average molecular weight is 190 g/mol. The van der Waals surface area contributed by atoms with Crippen LogP contribution in [0.4, 0.5) is 0 Å². The molecule has 0 atom stereocenters. The van der Waals surface area contributed by atoms with Gasteiger partial charge in [0.2, 0.25) is 0 Å². The Morgan fingerprint density at radius 3 is 3.23 bits per heavy atom. The van der Waals surface area contributed by atoms with Gasteiger partial charge in [0.25, 0.3) is 0 Å². The Hall–Kier alpha value is -1.34. The number of hydrogen-bond acceptors (Lipinski definition) is 4. The minimum absolute atomic E-state index is 0.267.